The third kappa shape index (κ3) is 3.68. The molecule has 2 rings (SSSR count). The topological polar surface area (TPSA) is 18.5 Å². The minimum Gasteiger partial charge on any atom is -0.493 e. The van der Waals surface area contributed by atoms with Crippen molar-refractivity contribution in [2.45, 2.75) is 11.9 Å². The van der Waals surface area contributed by atoms with E-state index in [2.05, 4.69) is 31.9 Å². The Morgan fingerprint density at radius 1 is 1.15 bits per heavy atom. The second kappa shape index (κ2) is 7.34. The fraction of sp³-hybridized carbons (Fsp3) is 0.200. The molecule has 0 aliphatic rings. The maximum Gasteiger partial charge on any atom is 0.165 e. The van der Waals surface area contributed by atoms with Gasteiger partial charge in [0, 0.05) is 26.0 Å². The van der Waals surface area contributed by atoms with Gasteiger partial charge in [-0.3, -0.25) is 0 Å². The van der Waals surface area contributed by atoms with Crippen LogP contribution in [-0.4, -0.2) is 7.11 Å². The summed E-state index contributed by atoms with van der Waals surface area (Å²) in [5.74, 6) is 1.46. The Labute approximate surface area is 140 Å². The van der Waals surface area contributed by atoms with E-state index < -0.39 is 0 Å². The number of hydrogen-bond acceptors (Lipinski definition) is 2. The van der Waals surface area contributed by atoms with E-state index in [9.17, 15) is 0 Å². The van der Waals surface area contributed by atoms with Crippen molar-refractivity contribution in [2.24, 2.45) is 0 Å². The normalized spacial score (nSPS) is 10.4. The molecule has 0 unspecified atom stereocenters. The van der Waals surface area contributed by atoms with Gasteiger partial charge >= 0.3 is 0 Å². The molecule has 0 aromatic heterocycles. The molecule has 0 spiro atoms. The van der Waals surface area contributed by atoms with Gasteiger partial charge in [0.25, 0.3) is 0 Å². The number of rotatable bonds is 5. The predicted molar refractivity (Wildman–Crippen MR) is 89.1 cm³/mol. The third-order valence-electron chi connectivity index (χ3n) is 2.81. The summed E-state index contributed by atoms with van der Waals surface area (Å²) in [5.41, 5.74) is 1.97. The Kier molecular flexibility index (Phi) is 5.75. The number of benzene rings is 2. The highest BCUT2D eigenvalue weighted by atomic mass is 79.9. The van der Waals surface area contributed by atoms with Crippen molar-refractivity contribution in [3.05, 3.63) is 57.0 Å². The number of halogens is 3. The highest BCUT2D eigenvalue weighted by molar-refractivity contribution is 9.10. The molecule has 0 heterocycles. The molecule has 0 radical (unpaired) electrons. The van der Waals surface area contributed by atoms with Crippen LogP contribution in [0.2, 0.25) is 5.02 Å². The Balaban J connectivity index is 2.22. The fourth-order valence-corrected chi connectivity index (χ4v) is 2.95. The zero-order valence-electron chi connectivity index (χ0n) is 10.8. The van der Waals surface area contributed by atoms with E-state index in [1.54, 1.807) is 7.11 Å². The average Bonchev–Trinajstić information content (AvgIpc) is 2.46. The molecule has 0 fully saturated rings. The van der Waals surface area contributed by atoms with Crippen LogP contribution in [-0.2, 0) is 11.9 Å². The van der Waals surface area contributed by atoms with Gasteiger partial charge in [-0.1, -0.05) is 61.7 Å². The first-order valence-electron chi connectivity index (χ1n) is 5.94. The predicted octanol–water partition coefficient (Wildman–Crippen LogP) is 5.59. The molecule has 2 aromatic carbocycles. The molecule has 106 valence electrons. The van der Waals surface area contributed by atoms with Crippen molar-refractivity contribution in [1.29, 1.82) is 0 Å². The zero-order chi connectivity index (χ0) is 14.5. The van der Waals surface area contributed by atoms with Crippen LogP contribution in [0.5, 0.6) is 11.5 Å². The number of para-hydroxylation sites is 1. The maximum absolute atomic E-state index is 6.19. The summed E-state index contributed by atoms with van der Waals surface area (Å²) in [6, 6.07) is 11.6. The van der Waals surface area contributed by atoms with E-state index in [0.29, 0.717) is 17.0 Å². The van der Waals surface area contributed by atoms with Crippen molar-refractivity contribution >= 4 is 43.5 Å². The van der Waals surface area contributed by atoms with Crippen LogP contribution >= 0.6 is 43.5 Å². The summed E-state index contributed by atoms with van der Waals surface area (Å²) in [5, 5.41) is 1.38. The van der Waals surface area contributed by atoms with E-state index in [1.807, 2.05) is 36.4 Å². The zero-order valence-corrected chi connectivity index (χ0v) is 14.8. The molecular formula is C15H13Br2ClO2. The SMILES string of the molecule is COc1cccc(CBr)c1OCc1ccc(Br)cc1Cl. The standard InChI is InChI=1S/C15H13Br2ClO2/c1-19-14-4-2-3-10(8-16)15(14)20-9-11-5-6-12(17)7-13(11)18/h2-7H,8-9H2,1H3. The molecule has 0 aliphatic heterocycles. The summed E-state index contributed by atoms with van der Waals surface area (Å²) < 4.78 is 12.2. The van der Waals surface area contributed by atoms with E-state index >= 15 is 0 Å². The van der Waals surface area contributed by atoms with Crippen LogP contribution in [0.25, 0.3) is 0 Å². The highest BCUT2D eigenvalue weighted by Gasteiger charge is 2.11. The lowest BCUT2D eigenvalue weighted by atomic mass is 10.2. The van der Waals surface area contributed by atoms with E-state index in [1.165, 1.54) is 0 Å². The summed E-state index contributed by atoms with van der Waals surface area (Å²) in [4.78, 5) is 0. The molecule has 5 heteroatoms. The number of ether oxygens (including phenoxy) is 2. The molecule has 2 nitrogen and oxygen atoms in total. The van der Waals surface area contributed by atoms with E-state index in [0.717, 1.165) is 27.1 Å². The largest absolute Gasteiger partial charge is 0.493 e. The molecule has 0 amide bonds. The molecule has 0 N–H and O–H groups in total. The van der Waals surface area contributed by atoms with Gasteiger partial charge in [-0.05, 0) is 18.2 Å². The Hall–Kier alpha value is -0.710. The molecule has 20 heavy (non-hydrogen) atoms. The fourth-order valence-electron chi connectivity index (χ4n) is 1.78. The smallest absolute Gasteiger partial charge is 0.165 e. The van der Waals surface area contributed by atoms with Crippen molar-refractivity contribution in [2.75, 3.05) is 7.11 Å². The minimum absolute atomic E-state index is 0.395. The Bertz CT molecular complexity index is 580. The molecule has 0 saturated heterocycles. The first-order chi connectivity index (χ1) is 9.65. The van der Waals surface area contributed by atoms with E-state index in [4.69, 9.17) is 21.1 Å². The molecule has 0 atom stereocenters. The third-order valence-corrected chi connectivity index (χ3v) is 4.26. The Morgan fingerprint density at radius 2 is 1.95 bits per heavy atom. The van der Waals surface area contributed by atoms with Crippen molar-refractivity contribution < 1.29 is 9.47 Å². The van der Waals surface area contributed by atoms with Crippen LogP contribution in [0.15, 0.2) is 40.9 Å². The number of methoxy groups -OCH3 is 1. The number of hydrogen-bond donors (Lipinski definition) is 0. The monoisotopic (exact) mass is 418 g/mol. The van der Waals surface area contributed by atoms with Crippen molar-refractivity contribution in [3.8, 4) is 11.5 Å². The summed E-state index contributed by atoms with van der Waals surface area (Å²) in [6.07, 6.45) is 0. The highest BCUT2D eigenvalue weighted by Crippen LogP contribution is 2.33. The second-order valence-corrected chi connectivity index (χ2v) is 5.99. The lowest BCUT2D eigenvalue weighted by molar-refractivity contribution is 0.282. The summed E-state index contributed by atoms with van der Waals surface area (Å²) in [7, 11) is 1.63. The maximum atomic E-state index is 6.19. The van der Waals surface area contributed by atoms with Crippen LogP contribution in [0.3, 0.4) is 0 Å². The molecule has 0 aliphatic carbocycles. The van der Waals surface area contributed by atoms with Gasteiger partial charge in [-0.15, -0.1) is 0 Å². The summed E-state index contributed by atoms with van der Waals surface area (Å²) in [6.45, 7) is 0.395. The Morgan fingerprint density at radius 3 is 2.60 bits per heavy atom. The summed E-state index contributed by atoms with van der Waals surface area (Å²) >= 11 is 13.0. The first-order valence-corrected chi connectivity index (χ1v) is 8.23. The molecule has 2 aromatic rings. The van der Waals surface area contributed by atoms with Gasteiger partial charge in [0.2, 0.25) is 0 Å². The van der Waals surface area contributed by atoms with Gasteiger partial charge in [0.05, 0.1) is 7.11 Å². The lowest BCUT2D eigenvalue weighted by Gasteiger charge is -2.14. The molecular weight excluding hydrogens is 407 g/mol. The minimum atomic E-state index is 0.395. The molecule has 0 saturated carbocycles. The lowest BCUT2D eigenvalue weighted by Crippen LogP contribution is -2.01. The van der Waals surface area contributed by atoms with Crippen LogP contribution < -0.4 is 9.47 Å². The number of alkyl halides is 1. The van der Waals surface area contributed by atoms with Gasteiger partial charge in [0.1, 0.15) is 6.61 Å². The van der Waals surface area contributed by atoms with Crippen molar-refractivity contribution in [3.63, 3.8) is 0 Å². The average molecular weight is 421 g/mol. The van der Waals surface area contributed by atoms with Crippen LogP contribution in [0, 0.1) is 0 Å². The van der Waals surface area contributed by atoms with Gasteiger partial charge < -0.3 is 9.47 Å². The van der Waals surface area contributed by atoms with Gasteiger partial charge in [0.15, 0.2) is 11.5 Å². The van der Waals surface area contributed by atoms with Crippen molar-refractivity contribution in [1.82, 2.24) is 0 Å². The molecule has 0 bridgehead atoms. The first kappa shape index (κ1) is 15.7. The van der Waals surface area contributed by atoms with Gasteiger partial charge in [-0.25, -0.2) is 0 Å². The van der Waals surface area contributed by atoms with Gasteiger partial charge in [-0.2, -0.15) is 0 Å². The van der Waals surface area contributed by atoms with E-state index in [-0.39, 0.29) is 0 Å². The van der Waals surface area contributed by atoms with Crippen LogP contribution in [0.4, 0.5) is 0 Å². The quantitative estimate of drug-likeness (QED) is 0.588. The second-order valence-electron chi connectivity index (χ2n) is 4.11. The van der Waals surface area contributed by atoms with Crippen LogP contribution in [0.1, 0.15) is 11.1 Å².